The maximum atomic E-state index is 9.47. The number of unbranched alkanes of at least 4 members (excludes halogenated alkanes) is 3. The molecule has 2 rings (SSSR count). The fraction of sp³-hybridized carbons (Fsp3) is 0.455. The summed E-state index contributed by atoms with van der Waals surface area (Å²) in [5, 5.41) is 25.7. The third-order valence-electron chi connectivity index (χ3n) is 4.66. The van der Waals surface area contributed by atoms with E-state index in [1.165, 1.54) is 37.3 Å². The zero-order valence-corrected chi connectivity index (χ0v) is 16.1. The van der Waals surface area contributed by atoms with Crippen LogP contribution in [0.2, 0.25) is 0 Å². The number of phenols is 2. The number of anilines is 1. The molecule has 0 aliphatic heterocycles. The first kappa shape index (κ1) is 21.1. The van der Waals surface area contributed by atoms with Crippen LogP contribution in [0.25, 0.3) is 0 Å². The van der Waals surface area contributed by atoms with E-state index < -0.39 is 0 Å². The van der Waals surface area contributed by atoms with E-state index in [-0.39, 0.29) is 11.5 Å². The molecule has 0 fully saturated rings. The summed E-state index contributed by atoms with van der Waals surface area (Å²) >= 11 is 0. The van der Waals surface area contributed by atoms with Gasteiger partial charge >= 0.3 is 0 Å². The minimum absolute atomic E-state index is 0.0467. The van der Waals surface area contributed by atoms with Gasteiger partial charge in [0.2, 0.25) is 0 Å². The van der Waals surface area contributed by atoms with Crippen molar-refractivity contribution in [3.8, 4) is 11.5 Å². The van der Waals surface area contributed by atoms with Crippen molar-refractivity contribution in [3.05, 3.63) is 53.6 Å². The molecule has 0 unspecified atom stereocenters. The number of phenolic OH excluding ortho intramolecular Hbond substituents is 2. The molecule has 5 nitrogen and oxygen atoms in total. The summed E-state index contributed by atoms with van der Waals surface area (Å²) in [5.41, 5.74) is 8.86. The molecule has 0 radical (unpaired) electrons. The molecule has 6 N–H and O–H groups in total. The van der Waals surface area contributed by atoms with Crippen LogP contribution in [0.5, 0.6) is 11.5 Å². The van der Waals surface area contributed by atoms with Gasteiger partial charge in [0, 0.05) is 5.69 Å². The van der Waals surface area contributed by atoms with Crippen molar-refractivity contribution in [2.75, 3.05) is 31.9 Å². The Labute approximate surface area is 162 Å². The van der Waals surface area contributed by atoms with Crippen LogP contribution in [0.15, 0.2) is 42.5 Å². The molecule has 0 atom stereocenters. The first-order chi connectivity index (χ1) is 13.1. The van der Waals surface area contributed by atoms with Gasteiger partial charge in [0.15, 0.2) is 11.5 Å². The number of hydrogen-bond donors (Lipinski definition) is 5. The summed E-state index contributed by atoms with van der Waals surface area (Å²) < 4.78 is 0. The Kier molecular flexibility index (Phi) is 9.52. The molecule has 0 aliphatic rings. The minimum Gasteiger partial charge on any atom is -0.504 e. The molecular formula is C22H33N3O2. The van der Waals surface area contributed by atoms with Gasteiger partial charge in [0.1, 0.15) is 0 Å². The van der Waals surface area contributed by atoms with Crippen LogP contribution in [-0.4, -0.2) is 36.4 Å². The average Bonchev–Trinajstić information content (AvgIpc) is 2.67. The number of nitrogens with two attached hydrogens (primary N) is 1. The quantitative estimate of drug-likeness (QED) is 0.212. The van der Waals surface area contributed by atoms with Crippen LogP contribution >= 0.6 is 0 Å². The van der Waals surface area contributed by atoms with Gasteiger partial charge in [-0.2, -0.15) is 0 Å². The van der Waals surface area contributed by atoms with E-state index >= 15 is 0 Å². The molecule has 2 aromatic carbocycles. The molecule has 0 saturated heterocycles. The van der Waals surface area contributed by atoms with Crippen molar-refractivity contribution < 1.29 is 10.2 Å². The Balaban J connectivity index is 1.37. The van der Waals surface area contributed by atoms with E-state index in [0.29, 0.717) is 0 Å². The molecule has 2 aromatic rings. The van der Waals surface area contributed by atoms with Gasteiger partial charge in [-0.3, -0.25) is 0 Å². The molecular weight excluding hydrogens is 338 g/mol. The number of nitrogen functional groups attached to an aromatic ring is 1. The summed E-state index contributed by atoms with van der Waals surface area (Å²) in [5.74, 6) is -0.110. The van der Waals surface area contributed by atoms with Gasteiger partial charge in [-0.15, -0.1) is 0 Å². The summed E-state index contributed by atoms with van der Waals surface area (Å²) in [6.45, 7) is 4.00. The predicted octanol–water partition coefficient (Wildman–Crippen LogP) is 3.20. The van der Waals surface area contributed by atoms with Crippen molar-refractivity contribution in [3.63, 3.8) is 0 Å². The fourth-order valence-corrected chi connectivity index (χ4v) is 2.98. The van der Waals surface area contributed by atoms with Crippen LogP contribution in [0.3, 0.4) is 0 Å². The standard InChI is InChI=1S/C22H33N3O2/c23-20-8-5-18(6-9-20)11-15-24-13-3-1-2-4-14-25-16-12-19-7-10-21(26)22(27)17-19/h5-10,17,24-27H,1-4,11-16,23H2. The van der Waals surface area contributed by atoms with Gasteiger partial charge in [-0.1, -0.05) is 31.0 Å². The Morgan fingerprint density at radius 3 is 1.78 bits per heavy atom. The van der Waals surface area contributed by atoms with E-state index in [0.717, 1.165) is 50.3 Å². The van der Waals surface area contributed by atoms with Crippen molar-refractivity contribution in [2.45, 2.75) is 38.5 Å². The van der Waals surface area contributed by atoms with Crippen molar-refractivity contribution in [2.24, 2.45) is 0 Å². The Morgan fingerprint density at radius 1 is 0.630 bits per heavy atom. The topological polar surface area (TPSA) is 90.5 Å². The highest BCUT2D eigenvalue weighted by Gasteiger charge is 2.00. The van der Waals surface area contributed by atoms with Gasteiger partial charge in [0.05, 0.1) is 0 Å². The Hall–Kier alpha value is -2.24. The Bertz CT molecular complexity index is 659. The first-order valence-electron chi connectivity index (χ1n) is 9.92. The fourth-order valence-electron chi connectivity index (χ4n) is 2.98. The van der Waals surface area contributed by atoms with Crippen LogP contribution in [-0.2, 0) is 12.8 Å². The maximum Gasteiger partial charge on any atom is 0.157 e. The molecule has 148 valence electrons. The number of nitrogens with one attached hydrogen (secondary N) is 2. The third kappa shape index (κ3) is 8.80. The highest BCUT2D eigenvalue weighted by atomic mass is 16.3. The smallest absolute Gasteiger partial charge is 0.157 e. The molecule has 5 heteroatoms. The zero-order chi connectivity index (χ0) is 19.3. The molecule has 0 amide bonds. The predicted molar refractivity (Wildman–Crippen MR) is 112 cm³/mol. The number of hydrogen-bond acceptors (Lipinski definition) is 5. The summed E-state index contributed by atoms with van der Waals surface area (Å²) in [6.07, 6.45) is 6.80. The third-order valence-corrected chi connectivity index (χ3v) is 4.66. The second-order valence-corrected chi connectivity index (χ2v) is 6.98. The monoisotopic (exact) mass is 371 g/mol. The van der Waals surface area contributed by atoms with E-state index in [1.807, 2.05) is 18.2 Å². The Morgan fingerprint density at radius 2 is 1.19 bits per heavy atom. The largest absolute Gasteiger partial charge is 0.504 e. The zero-order valence-electron chi connectivity index (χ0n) is 16.1. The highest BCUT2D eigenvalue weighted by Crippen LogP contribution is 2.24. The lowest BCUT2D eigenvalue weighted by atomic mass is 10.1. The molecule has 0 spiro atoms. The van der Waals surface area contributed by atoms with E-state index in [9.17, 15) is 10.2 Å². The lowest BCUT2D eigenvalue weighted by Crippen LogP contribution is -2.19. The first-order valence-corrected chi connectivity index (χ1v) is 9.92. The molecule has 0 aromatic heterocycles. The molecule has 0 heterocycles. The van der Waals surface area contributed by atoms with Crippen LogP contribution in [0.4, 0.5) is 5.69 Å². The summed E-state index contributed by atoms with van der Waals surface area (Å²) in [7, 11) is 0. The van der Waals surface area contributed by atoms with Crippen LogP contribution in [0.1, 0.15) is 36.8 Å². The van der Waals surface area contributed by atoms with Crippen LogP contribution in [0, 0.1) is 0 Å². The van der Waals surface area contributed by atoms with Crippen molar-refractivity contribution >= 4 is 5.69 Å². The number of benzene rings is 2. The minimum atomic E-state index is -0.0635. The van der Waals surface area contributed by atoms with E-state index in [2.05, 4.69) is 22.8 Å². The lowest BCUT2D eigenvalue weighted by Gasteiger charge is -2.07. The second-order valence-electron chi connectivity index (χ2n) is 6.98. The molecule has 27 heavy (non-hydrogen) atoms. The van der Waals surface area contributed by atoms with Gasteiger partial charge in [-0.05, 0) is 87.3 Å². The summed E-state index contributed by atoms with van der Waals surface area (Å²) in [6, 6.07) is 13.1. The van der Waals surface area contributed by atoms with Gasteiger partial charge < -0.3 is 26.6 Å². The van der Waals surface area contributed by atoms with Gasteiger partial charge in [0.25, 0.3) is 0 Å². The van der Waals surface area contributed by atoms with Crippen LogP contribution < -0.4 is 16.4 Å². The molecule has 0 bridgehead atoms. The number of rotatable bonds is 13. The SMILES string of the molecule is Nc1ccc(CCNCCCCCCNCCc2ccc(O)c(O)c2)cc1. The maximum absolute atomic E-state index is 9.47. The second kappa shape index (κ2) is 12.2. The normalized spacial score (nSPS) is 11.0. The van der Waals surface area contributed by atoms with Crippen molar-refractivity contribution in [1.29, 1.82) is 0 Å². The summed E-state index contributed by atoms with van der Waals surface area (Å²) in [4.78, 5) is 0. The number of aromatic hydroxyl groups is 2. The molecule has 0 aliphatic carbocycles. The highest BCUT2D eigenvalue weighted by molar-refractivity contribution is 5.40. The van der Waals surface area contributed by atoms with E-state index in [4.69, 9.17) is 5.73 Å². The lowest BCUT2D eigenvalue weighted by molar-refractivity contribution is 0.403. The average molecular weight is 372 g/mol. The van der Waals surface area contributed by atoms with Crippen molar-refractivity contribution in [1.82, 2.24) is 10.6 Å². The molecule has 0 saturated carbocycles. The van der Waals surface area contributed by atoms with Gasteiger partial charge in [-0.25, -0.2) is 0 Å². The van der Waals surface area contributed by atoms with E-state index in [1.54, 1.807) is 6.07 Å².